The fourth-order valence-electron chi connectivity index (χ4n) is 2.58. The van der Waals surface area contributed by atoms with Crippen molar-refractivity contribution in [3.63, 3.8) is 0 Å². The molecular weight excluding hydrogens is 274 g/mol. The van der Waals surface area contributed by atoms with Crippen LogP contribution in [0.25, 0.3) is 11.0 Å². The third kappa shape index (κ3) is 2.69. The van der Waals surface area contributed by atoms with Crippen LogP contribution >= 0.6 is 11.8 Å². The smallest absolute Gasteiger partial charge is 0.371 e. The number of nitrogens with zero attached hydrogens (tertiary/aromatic N) is 1. The molecular formula is C15H17NO3S. The van der Waals surface area contributed by atoms with Gasteiger partial charge in [-0.3, -0.25) is 4.90 Å². The monoisotopic (exact) mass is 291 g/mol. The normalized spacial score (nSPS) is 19.0. The minimum absolute atomic E-state index is 0.00213. The molecule has 2 heterocycles. The van der Waals surface area contributed by atoms with Crippen LogP contribution in [-0.2, 0) is 6.54 Å². The molecule has 1 atom stereocenters. The predicted molar refractivity (Wildman–Crippen MR) is 80.4 cm³/mol. The van der Waals surface area contributed by atoms with E-state index in [0.29, 0.717) is 11.6 Å². The Balaban J connectivity index is 1.79. The van der Waals surface area contributed by atoms with Crippen molar-refractivity contribution in [3.8, 4) is 0 Å². The molecule has 5 heteroatoms. The van der Waals surface area contributed by atoms with E-state index in [9.17, 15) is 4.79 Å². The first kappa shape index (κ1) is 13.5. The number of hydrogen-bond donors (Lipinski definition) is 1. The van der Waals surface area contributed by atoms with Crippen LogP contribution in [0.2, 0.25) is 0 Å². The van der Waals surface area contributed by atoms with Crippen molar-refractivity contribution in [2.75, 3.05) is 18.6 Å². The predicted octanol–water partition coefficient (Wildman–Crippen LogP) is 3.07. The number of rotatable bonds is 4. The molecule has 0 saturated carbocycles. The van der Waals surface area contributed by atoms with Crippen LogP contribution < -0.4 is 0 Å². The molecule has 0 spiro atoms. The van der Waals surface area contributed by atoms with Gasteiger partial charge in [0.15, 0.2) is 0 Å². The quantitative estimate of drug-likeness (QED) is 0.938. The molecule has 1 fully saturated rings. The van der Waals surface area contributed by atoms with Crippen molar-refractivity contribution in [3.05, 3.63) is 35.6 Å². The van der Waals surface area contributed by atoms with Crippen molar-refractivity contribution in [1.29, 1.82) is 0 Å². The number of aromatic carboxylic acids is 1. The van der Waals surface area contributed by atoms with Gasteiger partial charge in [-0.05, 0) is 43.0 Å². The fourth-order valence-corrected chi connectivity index (χ4v) is 3.88. The molecule has 1 saturated heterocycles. The number of thioether (sulfide) groups is 1. The SMILES string of the molecule is CN(Cc1ccc2oc(C(=O)O)cc2c1)C1CCSC1. The Hall–Kier alpha value is -1.46. The average molecular weight is 291 g/mol. The van der Waals surface area contributed by atoms with E-state index in [1.807, 2.05) is 30.0 Å². The van der Waals surface area contributed by atoms with Crippen LogP contribution in [0.4, 0.5) is 0 Å². The maximum Gasteiger partial charge on any atom is 0.371 e. The van der Waals surface area contributed by atoms with Gasteiger partial charge in [0.25, 0.3) is 0 Å². The molecule has 1 aliphatic heterocycles. The van der Waals surface area contributed by atoms with Crippen LogP contribution in [0.3, 0.4) is 0 Å². The zero-order chi connectivity index (χ0) is 14.1. The van der Waals surface area contributed by atoms with Gasteiger partial charge in [-0.1, -0.05) is 6.07 Å². The topological polar surface area (TPSA) is 53.7 Å². The second-order valence-corrected chi connectivity index (χ2v) is 6.37. The first-order valence-electron chi connectivity index (χ1n) is 6.67. The molecule has 2 aromatic rings. The fraction of sp³-hybridized carbons (Fsp3) is 0.400. The summed E-state index contributed by atoms with van der Waals surface area (Å²) in [4.78, 5) is 13.3. The molecule has 1 N–H and O–H groups in total. The Morgan fingerprint density at radius 2 is 2.35 bits per heavy atom. The Morgan fingerprint density at radius 3 is 3.05 bits per heavy atom. The van der Waals surface area contributed by atoms with Gasteiger partial charge >= 0.3 is 5.97 Å². The van der Waals surface area contributed by atoms with E-state index in [4.69, 9.17) is 9.52 Å². The van der Waals surface area contributed by atoms with Gasteiger partial charge in [-0.15, -0.1) is 0 Å². The van der Waals surface area contributed by atoms with Crippen molar-refractivity contribution >= 4 is 28.7 Å². The summed E-state index contributed by atoms with van der Waals surface area (Å²) in [6.45, 7) is 0.884. The minimum Gasteiger partial charge on any atom is -0.475 e. The summed E-state index contributed by atoms with van der Waals surface area (Å²) < 4.78 is 5.27. The van der Waals surface area contributed by atoms with Gasteiger partial charge < -0.3 is 9.52 Å². The molecule has 1 aromatic carbocycles. The third-order valence-electron chi connectivity index (χ3n) is 3.75. The lowest BCUT2D eigenvalue weighted by molar-refractivity contribution is 0.0665. The largest absolute Gasteiger partial charge is 0.475 e. The van der Waals surface area contributed by atoms with E-state index in [1.165, 1.54) is 23.5 Å². The van der Waals surface area contributed by atoms with Gasteiger partial charge in [-0.25, -0.2) is 4.79 Å². The second-order valence-electron chi connectivity index (χ2n) is 5.22. The standard InChI is InChI=1S/C15H17NO3S/c1-16(12-4-5-20-9-12)8-10-2-3-13-11(6-10)7-14(19-13)15(17)18/h2-3,6-7,12H,4-5,8-9H2,1H3,(H,17,18). The second kappa shape index (κ2) is 5.50. The van der Waals surface area contributed by atoms with E-state index in [2.05, 4.69) is 11.9 Å². The van der Waals surface area contributed by atoms with Crippen molar-refractivity contribution in [1.82, 2.24) is 4.90 Å². The summed E-state index contributed by atoms with van der Waals surface area (Å²) in [6.07, 6.45) is 1.25. The summed E-state index contributed by atoms with van der Waals surface area (Å²) in [5, 5.41) is 9.80. The molecule has 0 amide bonds. The van der Waals surface area contributed by atoms with Crippen molar-refractivity contribution in [2.24, 2.45) is 0 Å². The lowest BCUT2D eigenvalue weighted by atomic mass is 10.1. The highest BCUT2D eigenvalue weighted by Gasteiger charge is 2.20. The number of hydrogen-bond acceptors (Lipinski definition) is 4. The molecule has 0 aliphatic carbocycles. The highest BCUT2D eigenvalue weighted by molar-refractivity contribution is 7.99. The Kier molecular flexibility index (Phi) is 3.72. The van der Waals surface area contributed by atoms with Crippen molar-refractivity contribution in [2.45, 2.75) is 19.0 Å². The summed E-state index contributed by atoms with van der Waals surface area (Å²) >= 11 is 2.01. The molecule has 1 aromatic heterocycles. The summed E-state index contributed by atoms with van der Waals surface area (Å²) in [6, 6.07) is 8.12. The van der Waals surface area contributed by atoms with Crippen molar-refractivity contribution < 1.29 is 14.3 Å². The first-order chi connectivity index (χ1) is 9.63. The van der Waals surface area contributed by atoms with Crippen LogP contribution in [0.15, 0.2) is 28.7 Å². The Morgan fingerprint density at radius 1 is 1.50 bits per heavy atom. The number of benzene rings is 1. The van der Waals surface area contributed by atoms with Crippen LogP contribution in [0.5, 0.6) is 0 Å². The number of fused-ring (bicyclic) bond motifs is 1. The number of carboxylic acid groups (broad SMARTS) is 1. The molecule has 3 rings (SSSR count). The highest BCUT2D eigenvalue weighted by atomic mass is 32.2. The van der Waals surface area contributed by atoms with E-state index in [-0.39, 0.29) is 5.76 Å². The van der Waals surface area contributed by atoms with Gasteiger partial charge in [-0.2, -0.15) is 11.8 Å². The highest BCUT2D eigenvalue weighted by Crippen LogP contribution is 2.25. The first-order valence-corrected chi connectivity index (χ1v) is 7.83. The zero-order valence-electron chi connectivity index (χ0n) is 11.3. The van der Waals surface area contributed by atoms with Gasteiger partial charge in [0.1, 0.15) is 5.58 Å². The number of carbonyl (C=O) groups is 1. The van der Waals surface area contributed by atoms with Crippen LogP contribution in [0, 0.1) is 0 Å². The molecule has 0 bridgehead atoms. The summed E-state index contributed by atoms with van der Waals surface area (Å²) in [7, 11) is 2.15. The number of furan rings is 1. The molecule has 1 unspecified atom stereocenters. The maximum absolute atomic E-state index is 10.9. The van der Waals surface area contributed by atoms with E-state index >= 15 is 0 Å². The average Bonchev–Trinajstić information content (AvgIpc) is 3.07. The molecule has 106 valence electrons. The van der Waals surface area contributed by atoms with Crippen LogP contribution in [0.1, 0.15) is 22.5 Å². The van der Waals surface area contributed by atoms with E-state index in [0.717, 1.165) is 11.9 Å². The third-order valence-corrected chi connectivity index (χ3v) is 4.90. The van der Waals surface area contributed by atoms with Gasteiger partial charge in [0, 0.05) is 23.7 Å². The van der Waals surface area contributed by atoms with E-state index in [1.54, 1.807) is 6.07 Å². The van der Waals surface area contributed by atoms with Gasteiger partial charge in [0.05, 0.1) is 0 Å². The zero-order valence-corrected chi connectivity index (χ0v) is 12.2. The number of carboxylic acids is 1. The lowest BCUT2D eigenvalue weighted by Crippen LogP contribution is -2.30. The molecule has 20 heavy (non-hydrogen) atoms. The summed E-state index contributed by atoms with van der Waals surface area (Å²) in [5.74, 6) is 1.42. The van der Waals surface area contributed by atoms with E-state index < -0.39 is 5.97 Å². The maximum atomic E-state index is 10.9. The lowest BCUT2D eigenvalue weighted by Gasteiger charge is -2.23. The molecule has 4 nitrogen and oxygen atoms in total. The van der Waals surface area contributed by atoms with Gasteiger partial charge in [0.2, 0.25) is 5.76 Å². The van der Waals surface area contributed by atoms with Crippen LogP contribution in [-0.4, -0.2) is 40.6 Å². The Bertz CT molecular complexity index is 631. The minimum atomic E-state index is -1.03. The summed E-state index contributed by atoms with van der Waals surface area (Å²) in [5.41, 5.74) is 1.82. The molecule has 1 aliphatic rings. The molecule has 0 radical (unpaired) electrons. The Labute approximate surface area is 121 Å².